The monoisotopic (exact) mass is 192 g/mol. The van der Waals surface area contributed by atoms with E-state index in [4.69, 9.17) is 0 Å². The summed E-state index contributed by atoms with van der Waals surface area (Å²) in [4.78, 5) is 0. The van der Waals surface area contributed by atoms with Crippen molar-refractivity contribution in [3.63, 3.8) is 0 Å². The van der Waals surface area contributed by atoms with Crippen LogP contribution in [0.25, 0.3) is 0 Å². The SMILES string of the molecule is CC(C)CCC1=CCC(CC(C)C)=C1. The van der Waals surface area contributed by atoms with Gasteiger partial charge in [-0.05, 0) is 37.5 Å². The molecule has 0 aliphatic heterocycles. The van der Waals surface area contributed by atoms with Gasteiger partial charge in [0, 0.05) is 0 Å². The molecule has 0 bridgehead atoms. The maximum Gasteiger partial charge on any atom is -0.0130 e. The second-order valence-corrected chi connectivity index (χ2v) is 5.32. The Morgan fingerprint density at radius 2 is 1.86 bits per heavy atom. The molecule has 0 heterocycles. The van der Waals surface area contributed by atoms with E-state index in [-0.39, 0.29) is 0 Å². The second-order valence-electron chi connectivity index (χ2n) is 5.32. The van der Waals surface area contributed by atoms with Gasteiger partial charge in [-0.15, -0.1) is 0 Å². The van der Waals surface area contributed by atoms with Gasteiger partial charge in [-0.2, -0.15) is 0 Å². The first kappa shape index (κ1) is 11.6. The van der Waals surface area contributed by atoms with Crippen LogP contribution in [0.3, 0.4) is 0 Å². The Balaban J connectivity index is 2.32. The highest BCUT2D eigenvalue weighted by atomic mass is 14.1. The summed E-state index contributed by atoms with van der Waals surface area (Å²) in [6, 6.07) is 0. The van der Waals surface area contributed by atoms with Crippen LogP contribution in [0.4, 0.5) is 0 Å². The molecule has 0 aromatic rings. The molecule has 0 aromatic heterocycles. The molecule has 0 aromatic carbocycles. The molecule has 0 saturated carbocycles. The van der Waals surface area contributed by atoms with E-state index in [1.807, 2.05) is 0 Å². The van der Waals surface area contributed by atoms with E-state index in [2.05, 4.69) is 39.8 Å². The molecule has 1 aliphatic carbocycles. The largest absolute Gasteiger partial charge is 0.0772 e. The van der Waals surface area contributed by atoms with Crippen LogP contribution in [0, 0.1) is 11.8 Å². The first-order chi connectivity index (χ1) is 6.58. The van der Waals surface area contributed by atoms with Gasteiger partial charge in [-0.1, -0.05) is 51.0 Å². The summed E-state index contributed by atoms with van der Waals surface area (Å²) in [5.41, 5.74) is 3.22. The normalized spacial score (nSPS) is 16.4. The lowest BCUT2D eigenvalue weighted by atomic mass is 10.0. The summed E-state index contributed by atoms with van der Waals surface area (Å²) < 4.78 is 0. The highest BCUT2D eigenvalue weighted by Crippen LogP contribution is 2.26. The van der Waals surface area contributed by atoms with Crippen LogP contribution in [0.15, 0.2) is 23.3 Å². The summed E-state index contributed by atoms with van der Waals surface area (Å²) in [6.07, 6.45) is 9.95. The van der Waals surface area contributed by atoms with E-state index < -0.39 is 0 Å². The molecule has 0 radical (unpaired) electrons. The molecule has 14 heavy (non-hydrogen) atoms. The van der Waals surface area contributed by atoms with Gasteiger partial charge < -0.3 is 0 Å². The highest BCUT2D eigenvalue weighted by molar-refractivity contribution is 5.32. The second kappa shape index (κ2) is 5.38. The topological polar surface area (TPSA) is 0 Å². The average Bonchev–Trinajstić information content (AvgIpc) is 2.47. The Kier molecular flexibility index (Phi) is 4.44. The van der Waals surface area contributed by atoms with Crippen LogP contribution in [-0.4, -0.2) is 0 Å². The third kappa shape index (κ3) is 4.13. The minimum absolute atomic E-state index is 0.805. The standard InChI is InChI=1S/C14H24/c1-11(2)5-6-13-7-8-14(10-13)9-12(3)4/h7,10-12H,5-6,8-9H2,1-4H3. The number of hydrogen-bond acceptors (Lipinski definition) is 0. The third-order valence-electron chi connectivity index (χ3n) is 2.70. The van der Waals surface area contributed by atoms with E-state index in [1.54, 1.807) is 11.1 Å². The fraction of sp³-hybridized carbons (Fsp3) is 0.714. The first-order valence-corrected chi connectivity index (χ1v) is 5.96. The summed E-state index contributed by atoms with van der Waals surface area (Å²) in [5, 5.41) is 0. The molecule has 0 N–H and O–H groups in total. The van der Waals surface area contributed by atoms with Crippen molar-refractivity contribution < 1.29 is 0 Å². The van der Waals surface area contributed by atoms with Gasteiger partial charge in [0.25, 0.3) is 0 Å². The Morgan fingerprint density at radius 1 is 1.14 bits per heavy atom. The third-order valence-corrected chi connectivity index (χ3v) is 2.70. The van der Waals surface area contributed by atoms with Gasteiger partial charge in [-0.3, -0.25) is 0 Å². The lowest BCUT2D eigenvalue weighted by Gasteiger charge is -2.05. The van der Waals surface area contributed by atoms with E-state index in [0.717, 1.165) is 11.8 Å². The molecule has 0 saturated heterocycles. The number of hydrogen-bond donors (Lipinski definition) is 0. The van der Waals surface area contributed by atoms with Crippen LogP contribution >= 0.6 is 0 Å². The minimum atomic E-state index is 0.805. The van der Waals surface area contributed by atoms with Gasteiger partial charge in [0.05, 0.1) is 0 Å². The van der Waals surface area contributed by atoms with E-state index in [1.165, 1.54) is 25.7 Å². The van der Waals surface area contributed by atoms with E-state index in [0.29, 0.717) is 0 Å². The molecule has 0 spiro atoms. The van der Waals surface area contributed by atoms with E-state index in [9.17, 15) is 0 Å². The molecule has 1 rings (SSSR count). The molecule has 0 unspecified atom stereocenters. The van der Waals surface area contributed by atoms with Gasteiger partial charge in [0.1, 0.15) is 0 Å². The number of allylic oxidation sites excluding steroid dienone is 4. The molecule has 0 amide bonds. The van der Waals surface area contributed by atoms with Gasteiger partial charge >= 0.3 is 0 Å². The zero-order chi connectivity index (χ0) is 10.6. The van der Waals surface area contributed by atoms with Gasteiger partial charge in [0.2, 0.25) is 0 Å². The van der Waals surface area contributed by atoms with E-state index >= 15 is 0 Å². The van der Waals surface area contributed by atoms with Gasteiger partial charge in [-0.25, -0.2) is 0 Å². The molecule has 0 fully saturated rings. The van der Waals surface area contributed by atoms with Crippen LogP contribution in [0.2, 0.25) is 0 Å². The molecule has 0 nitrogen and oxygen atoms in total. The minimum Gasteiger partial charge on any atom is -0.0772 e. The lowest BCUT2D eigenvalue weighted by molar-refractivity contribution is 0.588. The van der Waals surface area contributed by atoms with Crippen LogP contribution < -0.4 is 0 Å². The maximum absolute atomic E-state index is 2.43. The summed E-state index contributed by atoms with van der Waals surface area (Å²) in [7, 11) is 0. The predicted octanol–water partition coefficient (Wildman–Crippen LogP) is 4.73. The fourth-order valence-electron chi connectivity index (χ4n) is 1.94. The lowest BCUT2D eigenvalue weighted by Crippen LogP contribution is -1.89. The molecule has 0 atom stereocenters. The van der Waals surface area contributed by atoms with Crippen molar-refractivity contribution in [1.29, 1.82) is 0 Å². The van der Waals surface area contributed by atoms with Crippen LogP contribution in [-0.2, 0) is 0 Å². The Labute approximate surface area is 89.1 Å². The van der Waals surface area contributed by atoms with Crippen molar-refractivity contribution >= 4 is 0 Å². The zero-order valence-electron chi connectivity index (χ0n) is 10.1. The van der Waals surface area contributed by atoms with Crippen molar-refractivity contribution in [2.75, 3.05) is 0 Å². The molecule has 80 valence electrons. The number of rotatable bonds is 5. The van der Waals surface area contributed by atoms with Crippen molar-refractivity contribution in [3.05, 3.63) is 23.3 Å². The molecular formula is C14H24. The van der Waals surface area contributed by atoms with Crippen molar-refractivity contribution in [2.45, 2.75) is 53.4 Å². The molecular weight excluding hydrogens is 168 g/mol. The predicted molar refractivity (Wildman–Crippen MR) is 64.3 cm³/mol. The van der Waals surface area contributed by atoms with Gasteiger partial charge in [0.15, 0.2) is 0 Å². The van der Waals surface area contributed by atoms with Crippen LogP contribution in [0.5, 0.6) is 0 Å². The Bertz CT molecular complexity index is 228. The van der Waals surface area contributed by atoms with Crippen molar-refractivity contribution in [3.8, 4) is 0 Å². The average molecular weight is 192 g/mol. The molecule has 1 aliphatic rings. The first-order valence-electron chi connectivity index (χ1n) is 5.96. The summed E-state index contributed by atoms with van der Waals surface area (Å²) >= 11 is 0. The van der Waals surface area contributed by atoms with Crippen molar-refractivity contribution in [1.82, 2.24) is 0 Å². The maximum atomic E-state index is 2.43. The summed E-state index contributed by atoms with van der Waals surface area (Å²) in [6.45, 7) is 9.20. The summed E-state index contributed by atoms with van der Waals surface area (Å²) in [5.74, 6) is 1.64. The van der Waals surface area contributed by atoms with Crippen molar-refractivity contribution in [2.24, 2.45) is 11.8 Å². The quantitative estimate of drug-likeness (QED) is 0.591. The molecule has 0 heteroatoms. The fourth-order valence-corrected chi connectivity index (χ4v) is 1.94. The zero-order valence-corrected chi connectivity index (χ0v) is 10.1. The Morgan fingerprint density at radius 3 is 2.43 bits per heavy atom. The smallest absolute Gasteiger partial charge is 0.0130 e. The van der Waals surface area contributed by atoms with Crippen LogP contribution in [0.1, 0.15) is 53.4 Å². The highest BCUT2D eigenvalue weighted by Gasteiger charge is 2.08. The Hall–Kier alpha value is -0.520.